The van der Waals surface area contributed by atoms with Gasteiger partial charge in [-0.15, -0.1) is 0 Å². The van der Waals surface area contributed by atoms with Gasteiger partial charge in [0.15, 0.2) is 0 Å². The molecule has 0 aliphatic heterocycles. The van der Waals surface area contributed by atoms with Gasteiger partial charge in [0.05, 0.1) is 0 Å². The van der Waals surface area contributed by atoms with Gasteiger partial charge in [-0.3, -0.25) is 0 Å². The Hall–Kier alpha value is -4.82. The molecule has 0 aliphatic rings. The molecule has 0 radical (unpaired) electrons. The molecule has 0 saturated heterocycles. The Labute approximate surface area is 215 Å². The Morgan fingerprint density at radius 2 is 1.22 bits per heavy atom. The van der Waals surface area contributed by atoms with E-state index in [2.05, 4.69) is 134 Å². The number of furan rings is 1. The molecule has 176 valence electrons. The van der Waals surface area contributed by atoms with Gasteiger partial charge in [-0.1, -0.05) is 78.9 Å². The van der Waals surface area contributed by atoms with Gasteiger partial charge in [-0.2, -0.15) is 0 Å². The number of rotatable bonds is 4. The largest absolute Gasteiger partial charge is 0.456 e. The van der Waals surface area contributed by atoms with E-state index >= 15 is 0 Å². The fraction of sp³-hybridized carbons (Fsp3) is 0.0286. The number of anilines is 2. The summed E-state index contributed by atoms with van der Waals surface area (Å²) in [4.78, 5) is 0. The second kappa shape index (κ2) is 8.69. The molecule has 1 aromatic heterocycles. The summed E-state index contributed by atoms with van der Waals surface area (Å²) in [5.41, 5.74) is 9.96. The van der Waals surface area contributed by atoms with Crippen LogP contribution in [0, 0.1) is 6.92 Å². The van der Waals surface area contributed by atoms with E-state index in [0.717, 1.165) is 38.9 Å². The molecule has 37 heavy (non-hydrogen) atoms. The van der Waals surface area contributed by atoms with Gasteiger partial charge >= 0.3 is 0 Å². The lowest BCUT2D eigenvalue weighted by molar-refractivity contribution is 0.669. The zero-order chi connectivity index (χ0) is 24.8. The van der Waals surface area contributed by atoms with E-state index in [4.69, 9.17) is 4.42 Å². The molecule has 0 bridgehead atoms. The third-order valence-corrected chi connectivity index (χ3v) is 7.17. The molecular weight excluding hydrogens is 450 g/mol. The van der Waals surface area contributed by atoms with Crippen LogP contribution in [-0.2, 0) is 0 Å². The van der Waals surface area contributed by atoms with E-state index in [0.29, 0.717) is 0 Å². The highest BCUT2D eigenvalue weighted by Crippen LogP contribution is 2.35. The minimum atomic E-state index is 0.897. The minimum Gasteiger partial charge on any atom is -0.456 e. The topological polar surface area (TPSA) is 25.2 Å². The number of aryl methyl sites for hydroxylation is 1. The maximum Gasteiger partial charge on any atom is 0.136 e. The van der Waals surface area contributed by atoms with E-state index in [1.54, 1.807) is 0 Å². The van der Waals surface area contributed by atoms with Crippen molar-refractivity contribution in [3.63, 3.8) is 0 Å². The predicted molar refractivity (Wildman–Crippen MR) is 157 cm³/mol. The summed E-state index contributed by atoms with van der Waals surface area (Å²) in [6.45, 7) is 2.16. The van der Waals surface area contributed by atoms with Crippen molar-refractivity contribution in [2.24, 2.45) is 0 Å². The van der Waals surface area contributed by atoms with Crippen LogP contribution in [0.25, 0.3) is 55.0 Å². The lowest BCUT2D eigenvalue weighted by Gasteiger charge is -2.12. The molecule has 0 amide bonds. The van der Waals surface area contributed by atoms with Crippen molar-refractivity contribution in [3.05, 3.63) is 133 Å². The van der Waals surface area contributed by atoms with Gasteiger partial charge in [-0.05, 0) is 94.0 Å². The zero-order valence-electron chi connectivity index (χ0n) is 20.5. The summed E-state index contributed by atoms with van der Waals surface area (Å²) < 4.78 is 6.21. The Morgan fingerprint density at radius 3 is 2.08 bits per heavy atom. The number of nitrogens with one attached hydrogen (secondary N) is 1. The summed E-state index contributed by atoms with van der Waals surface area (Å²) in [5.74, 6) is 0. The first kappa shape index (κ1) is 21.5. The number of hydrogen-bond donors (Lipinski definition) is 1. The Morgan fingerprint density at radius 1 is 0.486 bits per heavy atom. The average molecular weight is 476 g/mol. The molecule has 0 spiro atoms. The number of hydrogen-bond acceptors (Lipinski definition) is 2. The first-order chi connectivity index (χ1) is 18.2. The molecule has 0 unspecified atom stereocenters. The highest BCUT2D eigenvalue weighted by molar-refractivity contribution is 6.07. The molecule has 0 atom stereocenters. The Balaban J connectivity index is 1.20. The molecule has 0 aliphatic carbocycles. The van der Waals surface area contributed by atoms with Crippen LogP contribution in [0.1, 0.15) is 5.56 Å². The molecule has 2 heteroatoms. The Bertz CT molecular complexity index is 1910. The third-order valence-electron chi connectivity index (χ3n) is 7.17. The van der Waals surface area contributed by atoms with E-state index in [1.807, 2.05) is 6.07 Å². The van der Waals surface area contributed by atoms with Gasteiger partial charge in [0, 0.05) is 22.1 Å². The lowest BCUT2D eigenvalue weighted by atomic mass is 9.99. The van der Waals surface area contributed by atoms with Gasteiger partial charge in [0.25, 0.3) is 0 Å². The molecule has 6 aromatic carbocycles. The normalized spacial score (nSPS) is 11.4. The molecule has 7 rings (SSSR count). The van der Waals surface area contributed by atoms with Crippen LogP contribution in [0.15, 0.2) is 132 Å². The van der Waals surface area contributed by atoms with Crippen LogP contribution in [0.4, 0.5) is 11.4 Å². The van der Waals surface area contributed by atoms with Crippen molar-refractivity contribution in [2.45, 2.75) is 6.92 Å². The van der Waals surface area contributed by atoms with Gasteiger partial charge in [0.2, 0.25) is 0 Å². The van der Waals surface area contributed by atoms with Crippen LogP contribution in [0.3, 0.4) is 0 Å². The van der Waals surface area contributed by atoms with E-state index in [9.17, 15) is 0 Å². The van der Waals surface area contributed by atoms with Crippen molar-refractivity contribution in [2.75, 3.05) is 5.32 Å². The van der Waals surface area contributed by atoms with Crippen LogP contribution in [0.5, 0.6) is 0 Å². The SMILES string of the molecule is Cc1cc(-c2ccc3ccccc3c2)ccc1Nc1ccc2oc3cc(-c4ccccc4)ccc3c2c1. The third kappa shape index (κ3) is 3.93. The molecule has 0 fully saturated rings. The van der Waals surface area contributed by atoms with E-state index in [-0.39, 0.29) is 0 Å². The van der Waals surface area contributed by atoms with Gasteiger partial charge < -0.3 is 9.73 Å². The molecule has 7 aromatic rings. The first-order valence-corrected chi connectivity index (χ1v) is 12.6. The van der Waals surface area contributed by atoms with Crippen molar-refractivity contribution >= 4 is 44.1 Å². The Kier molecular flexibility index (Phi) is 5.04. The van der Waals surface area contributed by atoms with Crippen LogP contribution >= 0.6 is 0 Å². The summed E-state index contributed by atoms with van der Waals surface area (Å²) in [6, 6.07) is 45.0. The summed E-state index contributed by atoms with van der Waals surface area (Å²) in [7, 11) is 0. The minimum absolute atomic E-state index is 0.897. The van der Waals surface area contributed by atoms with Crippen molar-refractivity contribution in [1.82, 2.24) is 0 Å². The molecule has 1 heterocycles. The number of fused-ring (bicyclic) bond motifs is 4. The summed E-state index contributed by atoms with van der Waals surface area (Å²) in [6.07, 6.45) is 0. The second-order valence-electron chi connectivity index (χ2n) is 9.61. The van der Waals surface area contributed by atoms with Crippen molar-refractivity contribution in [1.29, 1.82) is 0 Å². The summed E-state index contributed by atoms with van der Waals surface area (Å²) >= 11 is 0. The second-order valence-corrected chi connectivity index (χ2v) is 9.61. The maximum absolute atomic E-state index is 6.21. The van der Waals surface area contributed by atoms with E-state index < -0.39 is 0 Å². The zero-order valence-corrected chi connectivity index (χ0v) is 20.5. The number of benzene rings is 6. The molecular formula is C35H25NO. The quantitative estimate of drug-likeness (QED) is 0.274. The predicted octanol–water partition coefficient (Wildman–Crippen LogP) is 10.1. The van der Waals surface area contributed by atoms with Crippen LogP contribution < -0.4 is 5.32 Å². The average Bonchev–Trinajstić information content (AvgIpc) is 3.31. The lowest BCUT2D eigenvalue weighted by Crippen LogP contribution is -1.93. The van der Waals surface area contributed by atoms with E-state index in [1.165, 1.54) is 33.0 Å². The first-order valence-electron chi connectivity index (χ1n) is 12.6. The fourth-order valence-corrected chi connectivity index (χ4v) is 5.17. The monoisotopic (exact) mass is 475 g/mol. The van der Waals surface area contributed by atoms with Gasteiger partial charge in [0.1, 0.15) is 11.2 Å². The standard InChI is InChI=1S/C35H25NO/c1-23-19-27(28-12-11-25-9-5-6-10-26(25)20-28)14-17-33(23)36-30-15-18-34-32(22-30)31-16-13-29(21-35(31)37-34)24-7-3-2-4-8-24/h2-22,36H,1H3. The highest BCUT2D eigenvalue weighted by atomic mass is 16.3. The molecule has 1 N–H and O–H groups in total. The maximum atomic E-state index is 6.21. The highest BCUT2D eigenvalue weighted by Gasteiger charge is 2.10. The fourth-order valence-electron chi connectivity index (χ4n) is 5.17. The molecule has 2 nitrogen and oxygen atoms in total. The van der Waals surface area contributed by atoms with Crippen molar-refractivity contribution < 1.29 is 4.42 Å². The van der Waals surface area contributed by atoms with Crippen LogP contribution in [0.2, 0.25) is 0 Å². The van der Waals surface area contributed by atoms with Crippen LogP contribution in [-0.4, -0.2) is 0 Å². The molecule has 0 saturated carbocycles. The summed E-state index contributed by atoms with van der Waals surface area (Å²) in [5, 5.41) is 8.39. The van der Waals surface area contributed by atoms with Gasteiger partial charge in [-0.25, -0.2) is 0 Å². The smallest absolute Gasteiger partial charge is 0.136 e. The van der Waals surface area contributed by atoms with Crippen molar-refractivity contribution in [3.8, 4) is 22.3 Å².